The second-order valence-corrected chi connectivity index (χ2v) is 7.54. The van der Waals surface area contributed by atoms with Crippen molar-refractivity contribution in [2.24, 2.45) is 5.92 Å². The number of hydrogen-bond acceptors (Lipinski definition) is 4. The molecule has 1 aromatic rings. The summed E-state index contributed by atoms with van der Waals surface area (Å²) in [5.74, 6) is -1.84. The quantitative estimate of drug-likeness (QED) is 0.728. The van der Waals surface area contributed by atoms with Crippen LogP contribution in [-0.2, 0) is 21.3 Å². The molecule has 0 saturated carbocycles. The molecule has 1 aliphatic rings. The van der Waals surface area contributed by atoms with Crippen LogP contribution in [0.2, 0.25) is 0 Å². The average molecular weight is 410 g/mol. The fourth-order valence-corrected chi connectivity index (χ4v) is 2.82. The fraction of sp³-hybridized carbons (Fsp3) is 0.474. The summed E-state index contributed by atoms with van der Waals surface area (Å²) >= 11 is 0. The molecule has 2 N–H and O–H groups in total. The Bertz CT molecular complexity index is 893. The zero-order valence-corrected chi connectivity index (χ0v) is 16.3. The van der Waals surface area contributed by atoms with Crippen molar-refractivity contribution in [3.63, 3.8) is 0 Å². The topological polar surface area (TPSA) is 102 Å². The molecule has 7 nitrogen and oxygen atoms in total. The van der Waals surface area contributed by atoms with Gasteiger partial charge in [-0.2, -0.15) is 18.4 Å². The predicted molar refractivity (Wildman–Crippen MR) is 96.0 cm³/mol. The molecule has 0 spiro atoms. The maximum Gasteiger partial charge on any atom is 0.416 e. The van der Waals surface area contributed by atoms with Crippen molar-refractivity contribution in [2.45, 2.75) is 44.9 Å². The molecule has 1 heterocycles. The van der Waals surface area contributed by atoms with Crippen LogP contribution in [0.5, 0.6) is 0 Å². The minimum atomic E-state index is -4.61. The van der Waals surface area contributed by atoms with Gasteiger partial charge in [-0.15, -0.1) is 0 Å². The largest absolute Gasteiger partial charge is 0.416 e. The average Bonchev–Trinajstić information content (AvgIpc) is 2.85. The van der Waals surface area contributed by atoms with E-state index in [1.807, 2.05) is 6.07 Å². The maximum atomic E-state index is 13.0. The number of nitriles is 1. The first-order valence-electron chi connectivity index (χ1n) is 8.78. The Balaban J connectivity index is 2.26. The van der Waals surface area contributed by atoms with Crippen LogP contribution in [0.25, 0.3) is 0 Å². The zero-order chi connectivity index (χ0) is 22.2. The standard InChI is InChI=1S/C19H21F3N4O3/c1-11(2)17(3,10-23)24-14(27)9-26-15(28)18(4,25-16(26)29)12-6-5-7-13(8-12)19(20,21)22/h5-8,11H,9H2,1-4H3,(H,24,27)(H,25,29)/t17-,18+/m0/s1. The van der Waals surface area contributed by atoms with Crippen LogP contribution < -0.4 is 10.6 Å². The van der Waals surface area contributed by atoms with Crippen molar-refractivity contribution < 1.29 is 27.6 Å². The Morgan fingerprint density at radius 3 is 2.48 bits per heavy atom. The SMILES string of the molecule is CC(C)[C@](C)(C#N)NC(=O)CN1C(=O)N[C@](C)(c2cccc(C(F)(F)F)c2)C1=O. The van der Waals surface area contributed by atoms with Crippen LogP contribution in [0.1, 0.15) is 38.8 Å². The molecule has 2 atom stereocenters. The number of amides is 4. The molecule has 0 radical (unpaired) electrons. The number of benzene rings is 1. The lowest BCUT2D eigenvalue weighted by atomic mass is 9.90. The van der Waals surface area contributed by atoms with Gasteiger partial charge in [0, 0.05) is 0 Å². The molecule has 10 heteroatoms. The van der Waals surface area contributed by atoms with Crippen molar-refractivity contribution >= 4 is 17.8 Å². The van der Waals surface area contributed by atoms with Gasteiger partial charge in [-0.05, 0) is 37.5 Å². The number of halogens is 3. The van der Waals surface area contributed by atoms with Gasteiger partial charge >= 0.3 is 12.2 Å². The Labute approximate surface area is 165 Å². The summed E-state index contributed by atoms with van der Waals surface area (Å²) in [6, 6.07) is 5.14. The Morgan fingerprint density at radius 2 is 1.97 bits per heavy atom. The summed E-state index contributed by atoms with van der Waals surface area (Å²) in [5.41, 5.74) is -3.98. The van der Waals surface area contributed by atoms with E-state index >= 15 is 0 Å². The molecule has 0 aliphatic carbocycles. The van der Waals surface area contributed by atoms with E-state index in [4.69, 9.17) is 0 Å². The number of nitrogens with one attached hydrogen (secondary N) is 2. The molecule has 0 bridgehead atoms. The molecule has 156 valence electrons. The summed E-state index contributed by atoms with van der Waals surface area (Å²) in [5, 5.41) is 14.1. The van der Waals surface area contributed by atoms with Crippen molar-refractivity contribution in [2.75, 3.05) is 6.54 Å². The Kier molecular flexibility index (Phi) is 5.65. The first kappa shape index (κ1) is 22.2. The van der Waals surface area contributed by atoms with Gasteiger partial charge in [-0.3, -0.25) is 14.5 Å². The van der Waals surface area contributed by atoms with E-state index in [-0.39, 0.29) is 11.5 Å². The van der Waals surface area contributed by atoms with Gasteiger partial charge in [0.25, 0.3) is 5.91 Å². The van der Waals surface area contributed by atoms with Gasteiger partial charge in [-0.25, -0.2) is 4.79 Å². The summed E-state index contributed by atoms with van der Waals surface area (Å²) < 4.78 is 39.0. The van der Waals surface area contributed by atoms with Crippen molar-refractivity contribution in [1.29, 1.82) is 5.26 Å². The minimum Gasteiger partial charge on any atom is -0.336 e. The van der Waals surface area contributed by atoms with Crippen LogP contribution in [0.15, 0.2) is 24.3 Å². The van der Waals surface area contributed by atoms with Crippen LogP contribution in [-0.4, -0.2) is 34.8 Å². The summed E-state index contributed by atoms with van der Waals surface area (Å²) in [7, 11) is 0. The molecule has 1 aromatic carbocycles. The Morgan fingerprint density at radius 1 is 1.34 bits per heavy atom. The number of alkyl halides is 3. The van der Waals surface area contributed by atoms with Gasteiger partial charge in [0.15, 0.2) is 0 Å². The lowest BCUT2D eigenvalue weighted by Crippen LogP contribution is -2.52. The second-order valence-electron chi connectivity index (χ2n) is 7.54. The zero-order valence-electron chi connectivity index (χ0n) is 16.3. The van der Waals surface area contributed by atoms with E-state index in [9.17, 15) is 32.8 Å². The molecule has 1 aliphatic heterocycles. The second kappa shape index (κ2) is 7.39. The molecular formula is C19H21F3N4O3. The molecule has 29 heavy (non-hydrogen) atoms. The van der Waals surface area contributed by atoms with Gasteiger partial charge in [0.1, 0.15) is 17.6 Å². The predicted octanol–water partition coefficient (Wildman–Crippen LogP) is 2.53. The molecule has 1 fully saturated rings. The van der Waals surface area contributed by atoms with Crippen LogP contribution >= 0.6 is 0 Å². The fourth-order valence-electron chi connectivity index (χ4n) is 2.82. The smallest absolute Gasteiger partial charge is 0.336 e. The van der Waals surface area contributed by atoms with Gasteiger partial charge < -0.3 is 10.6 Å². The van der Waals surface area contributed by atoms with E-state index in [2.05, 4.69) is 10.6 Å². The molecule has 0 aromatic heterocycles. The maximum absolute atomic E-state index is 13.0. The van der Waals surface area contributed by atoms with E-state index in [0.29, 0.717) is 4.90 Å². The molecular weight excluding hydrogens is 389 g/mol. The molecule has 2 rings (SSSR count). The molecule has 4 amide bonds. The highest BCUT2D eigenvalue weighted by molar-refractivity contribution is 6.09. The Hall–Kier alpha value is -3.09. The van der Waals surface area contributed by atoms with Crippen LogP contribution in [0, 0.1) is 17.2 Å². The first-order chi connectivity index (χ1) is 13.2. The highest BCUT2D eigenvalue weighted by atomic mass is 19.4. The first-order valence-corrected chi connectivity index (χ1v) is 8.78. The lowest BCUT2D eigenvalue weighted by molar-refractivity contribution is -0.138. The van der Waals surface area contributed by atoms with E-state index in [1.165, 1.54) is 19.9 Å². The van der Waals surface area contributed by atoms with Gasteiger partial charge in [0.05, 0.1) is 11.6 Å². The highest BCUT2D eigenvalue weighted by Gasteiger charge is 2.50. The number of rotatable bonds is 5. The summed E-state index contributed by atoms with van der Waals surface area (Å²) in [4.78, 5) is 38.0. The third kappa shape index (κ3) is 4.18. The number of hydrogen-bond donors (Lipinski definition) is 2. The normalized spacial score (nSPS) is 21.6. The van der Waals surface area contributed by atoms with Crippen LogP contribution in [0.3, 0.4) is 0 Å². The van der Waals surface area contributed by atoms with Crippen molar-refractivity contribution in [3.05, 3.63) is 35.4 Å². The number of urea groups is 1. The molecule has 1 saturated heterocycles. The van der Waals surface area contributed by atoms with E-state index in [1.54, 1.807) is 13.8 Å². The van der Waals surface area contributed by atoms with Crippen LogP contribution in [0.4, 0.5) is 18.0 Å². The number of nitrogens with zero attached hydrogens (tertiary/aromatic N) is 2. The van der Waals surface area contributed by atoms with E-state index < -0.39 is 47.2 Å². The third-order valence-electron chi connectivity index (χ3n) is 5.13. The summed E-state index contributed by atoms with van der Waals surface area (Å²) in [6.45, 7) is 5.56. The lowest BCUT2D eigenvalue weighted by Gasteiger charge is -2.28. The van der Waals surface area contributed by atoms with Crippen molar-refractivity contribution in [3.8, 4) is 6.07 Å². The number of imide groups is 1. The van der Waals surface area contributed by atoms with Crippen molar-refractivity contribution in [1.82, 2.24) is 15.5 Å². The van der Waals surface area contributed by atoms with Gasteiger partial charge in [0.2, 0.25) is 5.91 Å². The monoisotopic (exact) mass is 410 g/mol. The number of carbonyl (C=O) groups is 3. The van der Waals surface area contributed by atoms with Gasteiger partial charge in [-0.1, -0.05) is 26.0 Å². The molecule has 0 unspecified atom stereocenters. The number of carbonyl (C=O) groups excluding carboxylic acids is 3. The summed E-state index contributed by atoms with van der Waals surface area (Å²) in [6.07, 6.45) is -4.61. The third-order valence-corrected chi connectivity index (χ3v) is 5.13. The highest BCUT2D eigenvalue weighted by Crippen LogP contribution is 2.34. The van der Waals surface area contributed by atoms with E-state index in [0.717, 1.165) is 18.2 Å². The minimum absolute atomic E-state index is 0.0578.